The molecular weight excluding hydrogens is 286 g/mol. The highest BCUT2D eigenvalue weighted by Crippen LogP contribution is 2.30. The molecule has 0 radical (unpaired) electrons. The van der Waals surface area contributed by atoms with Crippen molar-refractivity contribution >= 4 is 17.2 Å². The first-order chi connectivity index (χ1) is 10.2. The van der Waals surface area contributed by atoms with Gasteiger partial charge in [0.05, 0.1) is 5.69 Å². The average molecular weight is 302 g/mol. The van der Waals surface area contributed by atoms with E-state index in [0.717, 1.165) is 16.9 Å². The zero-order chi connectivity index (χ0) is 14.8. The van der Waals surface area contributed by atoms with Crippen molar-refractivity contribution in [1.29, 1.82) is 0 Å². The van der Waals surface area contributed by atoms with Crippen LogP contribution in [0.15, 0.2) is 42.6 Å². The van der Waals surface area contributed by atoms with Crippen molar-refractivity contribution in [2.75, 3.05) is 6.54 Å². The summed E-state index contributed by atoms with van der Waals surface area (Å²) in [4.78, 5) is 4.54. The van der Waals surface area contributed by atoms with Crippen molar-refractivity contribution in [3.05, 3.63) is 58.9 Å². The van der Waals surface area contributed by atoms with Crippen molar-refractivity contribution in [2.45, 2.75) is 13.3 Å². The monoisotopic (exact) mass is 301 g/mol. The molecule has 2 N–H and O–H groups in total. The number of pyridine rings is 1. The Morgan fingerprint density at radius 1 is 1.29 bits per heavy atom. The smallest absolute Gasteiger partial charge is 0.241 e. The Balaban J connectivity index is 2.07. The van der Waals surface area contributed by atoms with Gasteiger partial charge in [-0.1, -0.05) is 23.7 Å². The zero-order valence-electron chi connectivity index (χ0n) is 11.7. The lowest BCUT2D eigenvalue weighted by Gasteiger charge is -2.08. The summed E-state index contributed by atoms with van der Waals surface area (Å²) in [6.07, 6.45) is 2.66. The summed E-state index contributed by atoms with van der Waals surface area (Å²) in [5, 5.41) is 0.639. The number of nitrogens with zero attached hydrogens (tertiary/aromatic N) is 2. The first kappa shape index (κ1) is 13.9. The number of aryl methyl sites for hydroxylation is 1. The van der Waals surface area contributed by atoms with Crippen molar-refractivity contribution in [3.63, 3.8) is 0 Å². The minimum absolute atomic E-state index is 0.535. The van der Waals surface area contributed by atoms with Crippen LogP contribution in [0, 0.1) is 6.92 Å². The summed E-state index contributed by atoms with van der Waals surface area (Å²) in [7, 11) is 0. The van der Waals surface area contributed by atoms with Gasteiger partial charge in [-0.05, 0) is 43.3 Å². The lowest BCUT2D eigenvalue weighted by Crippen LogP contribution is -2.06. The number of rotatable bonds is 4. The van der Waals surface area contributed by atoms with Crippen LogP contribution in [0.5, 0.6) is 11.6 Å². The summed E-state index contributed by atoms with van der Waals surface area (Å²) in [5.41, 5.74) is 8.53. The Labute approximate surface area is 128 Å². The number of hydrogen-bond donors (Lipinski definition) is 1. The van der Waals surface area contributed by atoms with E-state index in [9.17, 15) is 0 Å². The maximum Gasteiger partial charge on any atom is 0.241 e. The maximum absolute atomic E-state index is 6.04. The lowest BCUT2D eigenvalue weighted by molar-refractivity contribution is 0.456. The van der Waals surface area contributed by atoms with Crippen LogP contribution in [0.25, 0.3) is 5.65 Å². The fraction of sp³-hybridized carbons (Fsp3) is 0.188. The molecule has 1 aromatic carbocycles. The van der Waals surface area contributed by atoms with Crippen LogP contribution in [0.3, 0.4) is 0 Å². The van der Waals surface area contributed by atoms with Crippen LogP contribution >= 0.6 is 11.6 Å². The maximum atomic E-state index is 6.04. The number of ether oxygens (including phenoxy) is 1. The second kappa shape index (κ2) is 5.76. The van der Waals surface area contributed by atoms with E-state index in [-0.39, 0.29) is 0 Å². The Hall–Kier alpha value is -2.04. The SMILES string of the molecule is Cc1ccc(Cl)cc1Oc1nc2ccccn2c1CCN. The fourth-order valence-corrected chi connectivity index (χ4v) is 2.42. The van der Waals surface area contributed by atoms with Gasteiger partial charge in [0.2, 0.25) is 5.88 Å². The molecule has 3 rings (SSSR count). The molecule has 5 heteroatoms. The number of hydrogen-bond acceptors (Lipinski definition) is 3. The summed E-state index contributed by atoms with van der Waals surface area (Å²) in [5.74, 6) is 1.29. The first-order valence-electron chi connectivity index (χ1n) is 6.79. The molecule has 0 bridgehead atoms. The van der Waals surface area contributed by atoms with E-state index in [1.165, 1.54) is 0 Å². The molecule has 21 heavy (non-hydrogen) atoms. The topological polar surface area (TPSA) is 52.5 Å². The third-order valence-electron chi connectivity index (χ3n) is 3.33. The van der Waals surface area contributed by atoms with Crippen LogP contribution in [0.1, 0.15) is 11.3 Å². The molecule has 0 aliphatic carbocycles. The average Bonchev–Trinajstić information content (AvgIpc) is 2.81. The predicted octanol–water partition coefficient (Wildman–Crippen LogP) is 3.59. The molecule has 0 spiro atoms. The molecule has 2 heterocycles. The molecule has 0 aliphatic rings. The zero-order valence-corrected chi connectivity index (χ0v) is 12.5. The summed E-state index contributed by atoms with van der Waals surface area (Å²) in [6.45, 7) is 2.51. The normalized spacial score (nSPS) is 11.0. The van der Waals surface area contributed by atoms with E-state index < -0.39 is 0 Å². The van der Waals surface area contributed by atoms with Gasteiger partial charge in [0, 0.05) is 17.6 Å². The minimum Gasteiger partial charge on any atom is -0.437 e. The molecule has 4 nitrogen and oxygen atoms in total. The Morgan fingerprint density at radius 2 is 2.14 bits per heavy atom. The number of fused-ring (bicyclic) bond motifs is 1. The van der Waals surface area contributed by atoms with E-state index in [0.29, 0.717) is 29.6 Å². The van der Waals surface area contributed by atoms with Crippen molar-refractivity contribution < 1.29 is 4.74 Å². The third-order valence-corrected chi connectivity index (χ3v) is 3.57. The Morgan fingerprint density at radius 3 is 2.95 bits per heavy atom. The Kier molecular flexibility index (Phi) is 3.82. The second-order valence-corrected chi connectivity index (χ2v) is 5.28. The molecule has 0 saturated heterocycles. The van der Waals surface area contributed by atoms with Crippen molar-refractivity contribution in [1.82, 2.24) is 9.38 Å². The highest BCUT2D eigenvalue weighted by atomic mass is 35.5. The number of aromatic nitrogens is 2. The number of imidazole rings is 1. The van der Waals surface area contributed by atoms with Crippen LogP contribution in [0.4, 0.5) is 0 Å². The van der Waals surface area contributed by atoms with Crippen molar-refractivity contribution in [3.8, 4) is 11.6 Å². The van der Waals surface area contributed by atoms with E-state index >= 15 is 0 Å². The van der Waals surface area contributed by atoms with E-state index in [2.05, 4.69) is 4.98 Å². The van der Waals surface area contributed by atoms with Gasteiger partial charge < -0.3 is 14.9 Å². The molecule has 108 valence electrons. The highest BCUT2D eigenvalue weighted by Gasteiger charge is 2.14. The van der Waals surface area contributed by atoms with E-state index in [1.807, 2.05) is 47.9 Å². The van der Waals surface area contributed by atoms with Gasteiger partial charge in [0.25, 0.3) is 0 Å². The summed E-state index contributed by atoms with van der Waals surface area (Å²) in [6, 6.07) is 11.4. The standard InChI is InChI=1S/C16H16ClN3O/c1-11-5-6-12(17)10-14(11)21-16-13(7-8-18)20-9-3-2-4-15(20)19-16/h2-6,9-10H,7-8,18H2,1H3. The molecule has 0 fully saturated rings. The van der Waals surface area contributed by atoms with E-state index in [4.69, 9.17) is 22.1 Å². The quantitative estimate of drug-likeness (QED) is 0.801. The molecule has 0 amide bonds. The summed E-state index contributed by atoms with van der Waals surface area (Å²) >= 11 is 6.04. The Bertz CT molecular complexity index is 782. The predicted molar refractivity (Wildman–Crippen MR) is 84.2 cm³/mol. The first-order valence-corrected chi connectivity index (χ1v) is 7.17. The fourth-order valence-electron chi connectivity index (χ4n) is 2.26. The molecular formula is C16H16ClN3O. The van der Waals surface area contributed by atoms with Gasteiger partial charge in [0.15, 0.2) is 0 Å². The molecule has 0 atom stereocenters. The minimum atomic E-state index is 0.535. The number of nitrogens with two attached hydrogens (primary N) is 1. The van der Waals surface area contributed by atoms with Gasteiger partial charge in [-0.25, -0.2) is 0 Å². The lowest BCUT2D eigenvalue weighted by atomic mass is 10.2. The van der Waals surface area contributed by atoms with Gasteiger partial charge in [-0.2, -0.15) is 4.98 Å². The third kappa shape index (κ3) is 2.73. The molecule has 3 aromatic rings. The van der Waals surface area contributed by atoms with Gasteiger partial charge in [-0.3, -0.25) is 0 Å². The molecule has 0 saturated carbocycles. The van der Waals surface area contributed by atoms with Crippen molar-refractivity contribution in [2.24, 2.45) is 5.73 Å². The van der Waals surface area contributed by atoms with Gasteiger partial charge in [-0.15, -0.1) is 0 Å². The molecule has 2 aromatic heterocycles. The van der Waals surface area contributed by atoms with Gasteiger partial charge in [0.1, 0.15) is 11.4 Å². The van der Waals surface area contributed by atoms with Crippen LogP contribution in [0.2, 0.25) is 5.02 Å². The summed E-state index contributed by atoms with van der Waals surface area (Å²) < 4.78 is 7.99. The number of halogens is 1. The van der Waals surface area contributed by atoms with E-state index in [1.54, 1.807) is 6.07 Å². The van der Waals surface area contributed by atoms with Crippen LogP contribution < -0.4 is 10.5 Å². The highest BCUT2D eigenvalue weighted by molar-refractivity contribution is 6.30. The molecule has 0 aliphatic heterocycles. The second-order valence-electron chi connectivity index (χ2n) is 4.84. The number of benzene rings is 1. The molecule has 0 unspecified atom stereocenters. The van der Waals surface area contributed by atoms with Crippen LogP contribution in [-0.4, -0.2) is 15.9 Å². The van der Waals surface area contributed by atoms with Crippen LogP contribution in [-0.2, 0) is 6.42 Å². The van der Waals surface area contributed by atoms with Gasteiger partial charge >= 0.3 is 0 Å². The largest absolute Gasteiger partial charge is 0.437 e.